The van der Waals surface area contributed by atoms with Gasteiger partial charge in [-0.2, -0.15) is 0 Å². The van der Waals surface area contributed by atoms with Crippen LogP contribution in [0, 0.1) is 0 Å². The molecule has 0 unspecified atom stereocenters. The summed E-state index contributed by atoms with van der Waals surface area (Å²) in [5.41, 5.74) is 5.64. The summed E-state index contributed by atoms with van der Waals surface area (Å²) >= 11 is 0. The Labute approximate surface area is 80.8 Å². The Balaban J connectivity index is 2.88. The van der Waals surface area contributed by atoms with Crippen molar-refractivity contribution < 1.29 is 9.90 Å². The zero-order valence-corrected chi connectivity index (χ0v) is 7.40. The number of phenols is 1. The quantitative estimate of drug-likeness (QED) is 0.712. The third-order valence-electron chi connectivity index (χ3n) is 2.17. The van der Waals surface area contributed by atoms with E-state index in [4.69, 9.17) is 5.73 Å². The molecule has 2 rings (SSSR count). The first-order valence-corrected chi connectivity index (χ1v) is 4.20. The Morgan fingerprint density at radius 1 is 1.07 bits per heavy atom. The van der Waals surface area contributed by atoms with Gasteiger partial charge >= 0.3 is 0 Å². The fourth-order valence-corrected chi connectivity index (χ4v) is 1.50. The Morgan fingerprint density at radius 2 is 1.71 bits per heavy atom. The van der Waals surface area contributed by atoms with Crippen molar-refractivity contribution in [2.75, 3.05) is 0 Å². The average molecular weight is 187 g/mol. The Kier molecular flexibility index (Phi) is 1.85. The number of amides is 1. The summed E-state index contributed by atoms with van der Waals surface area (Å²) in [4.78, 5) is 11.1. The lowest BCUT2D eigenvalue weighted by Crippen LogP contribution is -2.11. The van der Waals surface area contributed by atoms with Gasteiger partial charge in [-0.25, -0.2) is 0 Å². The van der Waals surface area contributed by atoms with Gasteiger partial charge in [-0.1, -0.05) is 24.3 Å². The third kappa shape index (κ3) is 1.19. The Bertz CT molecular complexity index is 506. The van der Waals surface area contributed by atoms with Crippen LogP contribution in [0.5, 0.6) is 5.75 Å². The highest BCUT2D eigenvalue weighted by atomic mass is 16.3. The van der Waals surface area contributed by atoms with Gasteiger partial charge in [0.2, 0.25) is 5.91 Å². The Hall–Kier alpha value is -2.03. The summed E-state index contributed by atoms with van der Waals surface area (Å²) in [5.74, 6) is -0.327. The third-order valence-corrected chi connectivity index (χ3v) is 2.17. The van der Waals surface area contributed by atoms with Crippen molar-refractivity contribution in [2.45, 2.75) is 0 Å². The van der Waals surface area contributed by atoms with Gasteiger partial charge in [-0.05, 0) is 17.5 Å². The van der Waals surface area contributed by atoms with Crippen LogP contribution in [0.1, 0.15) is 10.4 Å². The molecule has 3 nitrogen and oxygen atoms in total. The lowest BCUT2D eigenvalue weighted by atomic mass is 10.0. The highest BCUT2D eigenvalue weighted by Crippen LogP contribution is 2.26. The van der Waals surface area contributed by atoms with E-state index in [9.17, 15) is 9.90 Å². The standard InChI is InChI=1S/C11H9NO2/c12-11(14)9-5-6-10(13)8-4-2-1-3-7(8)9/h1-6,13H,(H2,12,14). The maximum Gasteiger partial charge on any atom is 0.249 e. The number of nitrogens with two attached hydrogens (primary N) is 1. The number of primary amides is 1. The van der Waals surface area contributed by atoms with Gasteiger partial charge < -0.3 is 10.8 Å². The normalized spacial score (nSPS) is 10.3. The first-order chi connectivity index (χ1) is 6.70. The highest BCUT2D eigenvalue weighted by Gasteiger charge is 2.07. The minimum atomic E-state index is -0.485. The molecule has 3 N–H and O–H groups in total. The molecule has 0 aliphatic heterocycles. The molecule has 0 radical (unpaired) electrons. The average Bonchev–Trinajstić information content (AvgIpc) is 2.18. The smallest absolute Gasteiger partial charge is 0.249 e. The molecule has 2 aromatic rings. The maximum absolute atomic E-state index is 11.1. The largest absolute Gasteiger partial charge is 0.507 e. The van der Waals surface area contributed by atoms with Crippen molar-refractivity contribution in [3.05, 3.63) is 42.0 Å². The van der Waals surface area contributed by atoms with E-state index in [0.29, 0.717) is 16.3 Å². The number of phenolic OH excluding ortho intramolecular Hbond substituents is 1. The van der Waals surface area contributed by atoms with Gasteiger partial charge in [-0.15, -0.1) is 0 Å². The van der Waals surface area contributed by atoms with Crippen molar-refractivity contribution in [2.24, 2.45) is 5.73 Å². The summed E-state index contributed by atoms with van der Waals surface area (Å²) in [7, 11) is 0. The van der Waals surface area contributed by atoms with Crippen LogP contribution >= 0.6 is 0 Å². The minimum Gasteiger partial charge on any atom is -0.507 e. The van der Waals surface area contributed by atoms with Crippen molar-refractivity contribution in [1.82, 2.24) is 0 Å². The van der Waals surface area contributed by atoms with E-state index < -0.39 is 5.91 Å². The number of aromatic hydroxyl groups is 1. The number of carbonyl (C=O) groups is 1. The van der Waals surface area contributed by atoms with Crippen LogP contribution in [-0.2, 0) is 0 Å². The number of fused-ring (bicyclic) bond motifs is 1. The second-order valence-corrected chi connectivity index (χ2v) is 3.04. The number of rotatable bonds is 1. The van der Waals surface area contributed by atoms with Gasteiger partial charge in [0.15, 0.2) is 0 Å². The molecule has 70 valence electrons. The van der Waals surface area contributed by atoms with E-state index in [1.54, 1.807) is 24.3 Å². The number of benzene rings is 2. The van der Waals surface area contributed by atoms with E-state index >= 15 is 0 Å². The van der Waals surface area contributed by atoms with Crippen LogP contribution in [0.15, 0.2) is 36.4 Å². The molecule has 2 aromatic carbocycles. The second-order valence-electron chi connectivity index (χ2n) is 3.04. The summed E-state index contributed by atoms with van der Waals surface area (Å²) in [5, 5.41) is 10.8. The van der Waals surface area contributed by atoms with Crippen molar-refractivity contribution >= 4 is 16.7 Å². The molecule has 0 saturated carbocycles. The topological polar surface area (TPSA) is 63.3 Å². The van der Waals surface area contributed by atoms with Crippen LogP contribution in [0.3, 0.4) is 0 Å². The molecule has 0 bridgehead atoms. The van der Waals surface area contributed by atoms with Crippen LogP contribution in [0.2, 0.25) is 0 Å². The summed E-state index contributed by atoms with van der Waals surface area (Å²) in [6.45, 7) is 0. The van der Waals surface area contributed by atoms with E-state index in [0.717, 1.165) is 0 Å². The van der Waals surface area contributed by atoms with Gasteiger partial charge in [0.1, 0.15) is 5.75 Å². The Morgan fingerprint density at radius 3 is 2.36 bits per heavy atom. The molecular weight excluding hydrogens is 178 g/mol. The SMILES string of the molecule is NC(=O)c1ccc(O)c2ccccc12. The zero-order valence-electron chi connectivity index (χ0n) is 7.40. The fraction of sp³-hybridized carbons (Fsp3) is 0. The predicted octanol–water partition coefficient (Wildman–Crippen LogP) is 1.64. The van der Waals surface area contributed by atoms with Crippen LogP contribution < -0.4 is 5.73 Å². The highest BCUT2D eigenvalue weighted by molar-refractivity contribution is 6.07. The summed E-state index contributed by atoms with van der Waals surface area (Å²) in [6, 6.07) is 10.1. The lowest BCUT2D eigenvalue weighted by Gasteiger charge is -2.04. The van der Waals surface area contributed by atoms with Gasteiger partial charge in [-0.3, -0.25) is 4.79 Å². The van der Waals surface area contributed by atoms with E-state index in [1.165, 1.54) is 12.1 Å². The van der Waals surface area contributed by atoms with Crippen LogP contribution in [-0.4, -0.2) is 11.0 Å². The van der Waals surface area contributed by atoms with Crippen molar-refractivity contribution in [3.63, 3.8) is 0 Å². The van der Waals surface area contributed by atoms with Gasteiger partial charge in [0.05, 0.1) is 0 Å². The van der Waals surface area contributed by atoms with E-state index in [-0.39, 0.29) is 5.75 Å². The van der Waals surface area contributed by atoms with Crippen molar-refractivity contribution in [3.8, 4) is 5.75 Å². The monoisotopic (exact) mass is 187 g/mol. The second kappa shape index (κ2) is 3.03. The number of carbonyl (C=O) groups excluding carboxylic acids is 1. The molecule has 3 heteroatoms. The van der Waals surface area contributed by atoms with Crippen LogP contribution in [0.4, 0.5) is 0 Å². The molecule has 0 aliphatic carbocycles. The number of hydrogen-bond donors (Lipinski definition) is 2. The molecule has 0 fully saturated rings. The first-order valence-electron chi connectivity index (χ1n) is 4.20. The molecule has 0 saturated heterocycles. The molecule has 14 heavy (non-hydrogen) atoms. The van der Waals surface area contributed by atoms with Gasteiger partial charge in [0, 0.05) is 10.9 Å². The lowest BCUT2D eigenvalue weighted by molar-refractivity contribution is 0.100. The molecule has 1 amide bonds. The predicted molar refractivity (Wildman–Crippen MR) is 54.1 cm³/mol. The van der Waals surface area contributed by atoms with E-state index in [1.807, 2.05) is 0 Å². The molecule has 0 aliphatic rings. The molecule has 0 spiro atoms. The summed E-state index contributed by atoms with van der Waals surface area (Å²) in [6.07, 6.45) is 0. The van der Waals surface area contributed by atoms with Crippen LogP contribution in [0.25, 0.3) is 10.8 Å². The minimum absolute atomic E-state index is 0.158. The van der Waals surface area contributed by atoms with E-state index in [2.05, 4.69) is 0 Å². The number of hydrogen-bond acceptors (Lipinski definition) is 2. The molecule has 0 heterocycles. The maximum atomic E-state index is 11.1. The summed E-state index contributed by atoms with van der Waals surface area (Å²) < 4.78 is 0. The zero-order chi connectivity index (χ0) is 10.1. The van der Waals surface area contributed by atoms with Gasteiger partial charge in [0.25, 0.3) is 0 Å². The van der Waals surface area contributed by atoms with Crippen molar-refractivity contribution in [1.29, 1.82) is 0 Å². The fourth-order valence-electron chi connectivity index (χ4n) is 1.50. The first kappa shape index (κ1) is 8.56. The molecule has 0 atom stereocenters. The molecule has 0 aromatic heterocycles. The molecular formula is C11H9NO2.